The van der Waals surface area contributed by atoms with E-state index in [4.69, 9.17) is 5.73 Å². The lowest BCUT2D eigenvalue weighted by atomic mass is 10.1. The lowest BCUT2D eigenvalue weighted by Gasteiger charge is -2.17. The molecule has 16 heavy (non-hydrogen) atoms. The van der Waals surface area contributed by atoms with E-state index in [1.54, 1.807) is 17.8 Å². The SMILES string of the molecule is NC(=S)N/N=C1\CCSc2ccc(F)cc21. The maximum Gasteiger partial charge on any atom is 0.184 e. The number of nitrogens with zero attached hydrogens (tertiary/aromatic N) is 1. The average Bonchev–Trinajstić information content (AvgIpc) is 2.26. The number of halogens is 1. The van der Waals surface area contributed by atoms with Crippen molar-refractivity contribution in [2.75, 3.05) is 5.75 Å². The van der Waals surface area contributed by atoms with Crippen LogP contribution in [0.15, 0.2) is 28.2 Å². The summed E-state index contributed by atoms with van der Waals surface area (Å²) in [7, 11) is 0. The maximum atomic E-state index is 13.1. The van der Waals surface area contributed by atoms with Gasteiger partial charge in [-0.05, 0) is 30.4 Å². The van der Waals surface area contributed by atoms with Gasteiger partial charge in [0.1, 0.15) is 5.82 Å². The molecule has 0 aliphatic carbocycles. The van der Waals surface area contributed by atoms with Gasteiger partial charge in [0.25, 0.3) is 0 Å². The Hall–Kier alpha value is -1.14. The first-order valence-corrected chi connectivity index (χ1v) is 6.11. The van der Waals surface area contributed by atoms with Gasteiger partial charge in [-0.1, -0.05) is 0 Å². The molecule has 0 unspecified atom stereocenters. The number of nitrogens with two attached hydrogens (primary N) is 1. The summed E-state index contributed by atoms with van der Waals surface area (Å²) in [6.07, 6.45) is 0.775. The molecule has 1 aliphatic heterocycles. The zero-order valence-electron chi connectivity index (χ0n) is 8.37. The van der Waals surface area contributed by atoms with Crippen molar-refractivity contribution < 1.29 is 4.39 Å². The number of rotatable bonds is 1. The largest absolute Gasteiger partial charge is 0.375 e. The number of nitrogens with one attached hydrogen (secondary N) is 1. The molecule has 0 spiro atoms. The molecule has 0 bridgehead atoms. The zero-order valence-corrected chi connectivity index (χ0v) is 10.00. The van der Waals surface area contributed by atoms with E-state index in [-0.39, 0.29) is 10.9 Å². The molecule has 1 heterocycles. The highest BCUT2D eigenvalue weighted by Crippen LogP contribution is 2.30. The molecule has 1 aromatic rings. The van der Waals surface area contributed by atoms with Crippen LogP contribution in [0.2, 0.25) is 0 Å². The Labute approximate surface area is 102 Å². The fourth-order valence-electron chi connectivity index (χ4n) is 1.48. The predicted molar refractivity (Wildman–Crippen MR) is 68.2 cm³/mol. The van der Waals surface area contributed by atoms with E-state index in [0.717, 1.165) is 28.3 Å². The van der Waals surface area contributed by atoms with Gasteiger partial charge < -0.3 is 5.73 Å². The Morgan fingerprint density at radius 3 is 3.12 bits per heavy atom. The standard InChI is InChI=1S/C10H10FN3S2/c11-6-1-2-9-7(5-6)8(3-4-16-9)13-14-10(12)15/h1-2,5H,3-4H2,(H3,12,14,15)/b13-8+. The van der Waals surface area contributed by atoms with E-state index < -0.39 is 0 Å². The first-order valence-electron chi connectivity index (χ1n) is 4.71. The third-order valence-corrected chi connectivity index (χ3v) is 3.32. The molecule has 3 N–H and O–H groups in total. The Morgan fingerprint density at radius 2 is 2.38 bits per heavy atom. The smallest absolute Gasteiger partial charge is 0.184 e. The van der Waals surface area contributed by atoms with E-state index in [2.05, 4.69) is 22.7 Å². The third kappa shape index (κ3) is 2.51. The number of fused-ring (bicyclic) bond motifs is 1. The monoisotopic (exact) mass is 255 g/mol. The molecule has 2 rings (SSSR count). The van der Waals surface area contributed by atoms with Crippen LogP contribution in [0.5, 0.6) is 0 Å². The molecule has 0 saturated carbocycles. The number of hydrogen-bond donors (Lipinski definition) is 2. The number of thiocarbonyl (C=S) groups is 1. The predicted octanol–water partition coefficient (Wildman–Crippen LogP) is 1.86. The minimum absolute atomic E-state index is 0.115. The van der Waals surface area contributed by atoms with Crippen molar-refractivity contribution in [3.63, 3.8) is 0 Å². The second kappa shape index (κ2) is 4.80. The molecule has 0 aromatic heterocycles. The van der Waals surface area contributed by atoms with Crippen LogP contribution >= 0.6 is 24.0 Å². The Bertz CT molecular complexity index is 459. The molecule has 0 saturated heterocycles. The van der Waals surface area contributed by atoms with Gasteiger partial charge in [-0.15, -0.1) is 11.8 Å². The van der Waals surface area contributed by atoms with E-state index in [1.165, 1.54) is 12.1 Å². The topological polar surface area (TPSA) is 50.4 Å². The molecule has 84 valence electrons. The lowest BCUT2D eigenvalue weighted by molar-refractivity contribution is 0.626. The fourth-order valence-corrected chi connectivity index (χ4v) is 2.54. The molecule has 0 atom stereocenters. The van der Waals surface area contributed by atoms with Gasteiger partial charge in [-0.3, -0.25) is 5.43 Å². The van der Waals surface area contributed by atoms with Gasteiger partial charge in [-0.25, -0.2) is 4.39 Å². The van der Waals surface area contributed by atoms with Crippen molar-refractivity contribution in [1.82, 2.24) is 5.43 Å². The Kier molecular flexibility index (Phi) is 3.40. The minimum atomic E-state index is -0.260. The summed E-state index contributed by atoms with van der Waals surface area (Å²) in [5.74, 6) is 0.667. The molecule has 6 heteroatoms. The summed E-state index contributed by atoms with van der Waals surface area (Å²) in [4.78, 5) is 1.04. The number of benzene rings is 1. The summed E-state index contributed by atoms with van der Waals surface area (Å²) in [6, 6.07) is 4.71. The molecular formula is C10H10FN3S2. The zero-order chi connectivity index (χ0) is 11.5. The summed E-state index contributed by atoms with van der Waals surface area (Å²) >= 11 is 6.36. The Morgan fingerprint density at radius 1 is 1.56 bits per heavy atom. The number of thioether (sulfide) groups is 1. The second-order valence-corrected chi connectivity index (χ2v) is 4.85. The minimum Gasteiger partial charge on any atom is -0.375 e. The van der Waals surface area contributed by atoms with Crippen molar-refractivity contribution in [1.29, 1.82) is 0 Å². The summed E-state index contributed by atoms with van der Waals surface area (Å²) in [6.45, 7) is 0. The van der Waals surface area contributed by atoms with E-state index in [1.807, 2.05) is 0 Å². The first-order chi connectivity index (χ1) is 7.66. The number of hydrogen-bond acceptors (Lipinski definition) is 3. The molecule has 0 fully saturated rings. The molecule has 0 radical (unpaired) electrons. The van der Waals surface area contributed by atoms with Crippen LogP contribution in [-0.2, 0) is 0 Å². The molecular weight excluding hydrogens is 245 g/mol. The average molecular weight is 255 g/mol. The van der Waals surface area contributed by atoms with Crippen LogP contribution in [0.25, 0.3) is 0 Å². The summed E-state index contributed by atoms with van der Waals surface area (Å²) in [5, 5.41) is 4.20. The van der Waals surface area contributed by atoms with Gasteiger partial charge in [0, 0.05) is 22.6 Å². The van der Waals surface area contributed by atoms with E-state index in [0.29, 0.717) is 0 Å². The van der Waals surface area contributed by atoms with Crippen LogP contribution in [0.3, 0.4) is 0 Å². The first kappa shape index (κ1) is 11.3. The molecule has 3 nitrogen and oxygen atoms in total. The van der Waals surface area contributed by atoms with Gasteiger partial charge >= 0.3 is 0 Å². The van der Waals surface area contributed by atoms with Crippen molar-refractivity contribution in [3.8, 4) is 0 Å². The number of hydrazone groups is 1. The molecule has 0 amide bonds. The van der Waals surface area contributed by atoms with Gasteiger partial charge in [0.05, 0.1) is 5.71 Å². The summed E-state index contributed by atoms with van der Waals surface area (Å²) in [5.41, 5.74) is 9.45. The normalized spacial score (nSPS) is 16.9. The van der Waals surface area contributed by atoms with Crippen LogP contribution < -0.4 is 11.2 Å². The van der Waals surface area contributed by atoms with Crippen LogP contribution in [0.1, 0.15) is 12.0 Å². The fraction of sp³-hybridized carbons (Fsp3) is 0.200. The summed E-state index contributed by atoms with van der Waals surface area (Å²) < 4.78 is 13.1. The molecule has 1 aliphatic rings. The quantitative estimate of drug-likeness (QED) is 0.594. The highest BCUT2D eigenvalue weighted by Gasteiger charge is 2.16. The lowest BCUT2D eigenvalue weighted by Crippen LogP contribution is -2.26. The van der Waals surface area contributed by atoms with Gasteiger partial charge in [0.2, 0.25) is 0 Å². The second-order valence-electron chi connectivity index (χ2n) is 3.27. The van der Waals surface area contributed by atoms with Crippen molar-refractivity contribution in [2.24, 2.45) is 10.8 Å². The Balaban J connectivity index is 2.35. The van der Waals surface area contributed by atoms with Crippen molar-refractivity contribution >= 4 is 34.8 Å². The highest BCUT2D eigenvalue weighted by atomic mass is 32.2. The van der Waals surface area contributed by atoms with Gasteiger partial charge in [-0.2, -0.15) is 5.10 Å². The van der Waals surface area contributed by atoms with E-state index in [9.17, 15) is 4.39 Å². The van der Waals surface area contributed by atoms with Gasteiger partial charge in [0.15, 0.2) is 5.11 Å². The van der Waals surface area contributed by atoms with Crippen LogP contribution in [0, 0.1) is 5.82 Å². The van der Waals surface area contributed by atoms with Crippen LogP contribution in [-0.4, -0.2) is 16.6 Å². The van der Waals surface area contributed by atoms with Crippen LogP contribution in [0.4, 0.5) is 4.39 Å². The third-order valence-electron chi connectivity index (χ3n) is 2.15. The maximum absolute atomic E-state index is 13.1. The molecule has 1 aromatic carbocycles. The van der Waals surface area contributed by atoms with Crippen molar-refractivity contribution in [3.05, 3.63) is 29.6 Å². The van der Waals surface area contributed by atoms with Crippen molar-refractivity contribution in [2.45, 2.75) is 11.3 Å². The highest BCUT2D eigenvalue weighted by molar-refractivity contribution is 7.99. The van der Waals surface area contributed by atoms with E-state index >= 15 is 0 Å².